The monoisotopic (exact) mass is 247 g/mol. The molecule has 18 heavy (non-hydrogen) atoms. The summed E-state index contributed by atoms with van der Waals surface area (Å²) >= 11 is 0. The second kappa shape index (κ2) is 4.81. The van der Waals surface area contributed by atoms with Gasteiger partial charge in [-0.25, -0.2) is 0 Å². The molecule has 98 valence electrons. The third-order valence-electron chi connectivity index (χ3n) is 4.02. The molecule has 0 saturated heterocycles. The lowest BCUT2D eigenvalue weighted by atomic mass is 9.78. The Kier molecular flexibility index (Phi) is 3.16. The average molecular weight is 247 g/mol. The minimum absolute atomic E-state index is 0.328. The van der Waals surface area contributed by atoms with Crippen LogP contribution in [0.2, 0.25) is 0 Å². The molecule has 0 amide bonds. The minimum Gasteiger partial charge on any atom is -0.490 e. The van der Waals surface area contributed by atoms with E-state index in [4.69, 9.17) is 9.47 Å². The fourth-order valence-electron chi connectivity index (χ4n) is 2.59. The van der Waals surface area contributed by atoms with E-state index in [1.54, 1.807) is 0 Å². The van der Waals surface area contributed by atoms with Gasteiger partial charge in [-0.3, -0.25) is 0 Å². The van der Waals surface area contributed by atoms with Crippen LogP contribution in [0.3, 0.4) is 0 Å². The summed E-state index contributed by atoms with van der Waals surface area (Å²) in [5, 5.41) is 3.65. The molecular weight excluding hydrogens is 226 g/mol. The van der Waals surface area contributed by atoms with Crippen LogP contribution in [-0.4, -0.2) is 18.8 Å². The number of fused-ring (bicyclic) bond motifs is 1. The summed E-state index contributed by atoms with van der Waals surface area (Å²) in [6.45, 7) is 4.67. The predicted molar refractivity (Wildman–Crippen MR) is 71.1 cm³/mol. The SMILES string of the molecule is CC1(NCc2cccc3c2OCCCO3)CCC1. The van der Waals surface area contributed by atoms with Gasteiger partial charge in [-0.05, 0) is 32.3 Å². The molecule has 1 N–H and O–H groups in total. The van der Waals surface area contributed by atoms with Crippen molar-refractivity contribution in [3.8, 4) is 11.5 Å². The van der Waals surface area contributed by atoms with E-state index in [9.17, 15) is 0 Å². The van der Waals surface area contributed by atoms with Gasteiger partial charge in [0.2, 0.25) is 0 Å². The second-order valence-corrected chi connectivity index (χ2v) is 5.56. The molecule has 0 spiro atoms. The quantitative estimate of drug-likeness (QED) is 0.891. The van der Waals surface area contributed by atoms with E-state index in [1.807, 2.05) is 12.1 Å². The Balaban J connectivity index is 1.75. The van der Waals surface area contributed by atoms with Crippen molar-refractivity contribution in [1.82, 2.24) is 5.32 Å². The lowest BCUT2D eigenvalue weighted by Gasteiger charge is -2.39. The van der Waals surface area contributed by atoms with Crippen molar-refractivity contribution >= 4 is 0 Å². The highest BCUT2D eigenvalue weighted by molar-refractivity contribution is 5.47. The van der Waals surface area contributed by atoms with E-state index in [0.717, 1.165) is 37.7 Å². The first-order valence-corrected chi connectivity index (χ1v) is 6.89. The Hall–Kier alpha value is -1.22. The van der Waals surface area contributed by atoms with E-state index in [2.05, 4.69) is 18.3 Å². The number of hydrogen-bond acceptors (Lipinski definition) is 3. The number of rotatable bonds is 3. The summed E-state index contributed by atoms with van der Waals surface area (Å²) in [6.07, 6.45) is 4.86. The van der Waals surface area contributed by atoms with Gasteiger partial charge in [0, 0.05) is 24.1 Å². The predicted octanol–water partition coefficient (Wildman–Crippen LogP) is 2.88. The molecule has 1 aliphatic carbocycles. The summed E-state index contributed by atoms with van der Waals surface area (Å²) in [4.78, 5) is 0. The van der Waals surface area contributed by atoms with Crippen LogP contribution in [0.15, 0.2) is 18.2 Å². The molecule has 0 radical (unpaired) electrons. The van der Waals surface area contributed by atoms with Crippen LogP contribution in [0, 0.1) is 0 Å². The van der Waals surface area contributed by atoms with E-state index in [1.165, 1.54) is 24.8 Å². The molecule has 3 nitrogen and oxygen atoms in total. The van der Waals surface area contributed by atoms with Crippen molar-refractivity contribution in [3.63, 3.8) is 0 Å². The lowest BCUT2D eigenvalue weighted by Crippen LogP contribution is -2.47. The van der Waals surface area contributed by atoms with Crippen LogP contribution in [0.5, 0.6) is 11.5 Å². The number of para-hydroxylation sites is 1. The van der Waals surface area contributed by atoms with Gasteiger partial charge in [-0.2, -0.15) is 0 Å². The van der Waals surface area contributed by atoms with E-state index in [-0.39, 0.29) is 0 Å². The molecule has 1 aromatic carbocycles. The summed E-state index contributed by atoms with van der Waals surface area (Å²) in [5.74, 6) is 1.83. The number of nitrogens with one attached hydrogen (secondary N) is 1. The average Bonchev–Trinajstić information content (AvgIpc) is 2.59. The van der Waals surface area contributed by atoms with E-state index < -0.39 is 0 Å². The van der Waals surface area contributed by atoms with E-state index >= 15 is 0 Å². The zero-order valence-corrected chi connectivity index (χ0v) is 11.0. The van der Waals surface area contributed by atoms with Crippen LogP contribution in [0.1, 0.15) is 38.2 Å². The molecule has 0 atom stereocenters. The molecule has 0 unspecified atom stereocenters. The van der Waals surface area contributed by atoms with Gasteiger partial charge in [-0.15, -0.1) is 0 Å². The van der Waals surface area contributed by atoms with Gasteiger partial charge in [0.05, 0.1) is 13.2 Å². The standard InChI is InChI=1S/C15H21NO2/c1-15(7-3-8-15)16-11-12-5-2-6-13-14(12)18-10-4-9-17-13/h2,5-6,16H,3-4,7-11H2,1H3. The topological polar surface area (TPSA) is 30.5 Å². The largest absolute Gasteiger partial charge is 0.490 e. The van der Waals surface area contributed by atoms with Crippen LogP contribution in [0.4, 0.5) is 0 Å². The molecule has 1 aromatic rings. The maximum absolute atomic E-state index is 5.83. The smallest absolute Gasteiger partial charge is 0.165 e. The van der Waals surface area contributed by atoms with Gasteiger partial charge in [0.15, 0.2) is 11.5 Å². The molecule has 1 aliphatic heterocycles. The number of hydrogen-bond donors (Lipinski definition) is 1. The van der Waals surface area contributed by atoms with Gasteiger partial charge < -0.3 is 14.8 Å². The van der Waals surface area contributed by atoms with Crippen molar-refractivity contribution in [3.05, 3.63) is 23.8 Å². The van der Waals surface area contributed by atoms with Crippen LogP contribution in [-0.2, 0) is 6.54 Å². The van der Waals surface area contributed by atoms with E-state index in [0.29, 0.717) is 5.54 Å². The van der Waals surface area contributed by atoms with Crippen molar-refractivity contribution in [2.75, 3.05) is 13.2 Å². The van der Waals surface area contributed by atoms with Gasteiger partial charge in [0.25, 0.3) is 0 Å². The van der Waals surface area contributed by atoms with Crippen LogP contribution >= 0.6 is 0 Å². The van der Waals surface area contributed by atoms with Gasteiger partial charge >= 0.3 is 0 Å². The molecular formula is C15H21NO2. The van der Waals surface area contributed by atoms with Crippen LogP contribution in [0.25, 0.3) is 0 Å². The third-order valence-corrected chi connectivity index (χ3v) is 4.02. The van der Waals surface area contributed by atoms with Gasteiger partial charge in [-0.1, -0.05) is 12.1 Å². The van der Waals surface area contributed by atoms with Crippen molar-refractivity contribution in [1.29, 1.82) is 0 Å². The Morgan fingerprint density at radius 1 is 1.17 bits per heavy atom. The molecule has 2 aliphatic rings. The molecule has 3 rings (SSSR count). The zero-order valence-electron chi connectivity index (χ0n) is 11.0. The third kappa shape index (κ3) is 2.32. The summed E-state index contributed by atoms with van der Waals surface area (Å²) < 4.78 is 11.5. The fraction of sp³-hybridized carbons (Fsp3) is 0.600. The Bertz CT molecular complexity index is 427. The maximum atomic E-state index is 5.83. The first kappa shape index (κ1) is 11.8. The highest BCUT2D eigenvalue weighted by Gasteiger charge is 2.31. The first-order valence-electron chi connectivity index (χ1n) is 6.89. The summed E-state index contributed by atoms with van der Waals surface area (Å²) in [5.41, 5.74) is 1.54. The van der Waals surface area contributed by atoms with Crippen molar-refractivity contribution in [2.45, 2.75) is 44.7 Å². The number of ether oxygens (including phenoxy) is 2. The van der Waals surface area contributed by atoms with Crippen molar-refractivity contribution in [2.24, 2.45) is 0 Å². The normalized spacial score (nSPS) is 20.9. The Labute approximate surface area is 108 Å². The Morgan fingerprint density at radius 3 is 2.78 bits per heavy atom. The summed E-state index contributed by atoms with van der Waals surface area (Å²) in [6, 6.07) is 6.17. The second-order valence-electron chi connectivity index (χ2n) is 5.56. The summed E-state index contributed by atoms with van der Waals surface area (Å²) in [7, 11) is 0. The molecule has 3 heteroatoms. The minimum atomic E-state index is 0.328. The molecule has 0 bridgehead atoms. The lowest BCUT2D eigenvalue weighted by molar-refractivity contribution is 0.205. The zero-order chi connectivity index (χ0) is 12.4. The molecule has 1 fully saturated rings. The molecule has 1 heterocycles. The molecule has 0 aromatic heterocycles. The van der Waals surface area contributed by atoms with Crippen molar-refractivity contribution < 1.29 is 9.47 Å². The van der Waals surface area contributed by atoms with Gasteiger partial charge in [0.1, 0.15) is 0 Å². The number of benzene rings is 1. The molecule has 1 saturated carbocycles. The highest BCUT2D eigenvalue weighted by atomic mass is 16.5. The maximum Gasteiger partial charge on any atom is 0.165 e. The Morgan fingerprint density at radius 2 is 2.00 bits per heavy atom. The fourth-order valence-corrected chi connectivity index (χ4v) is 2.59. The first-order chi connectivity index (χ1) is 8.77. The van der Waals surface area contributed by atoms with Crippen LogP contribution < -0.4 is 14.8 Å². The highest BCUT2D eigenvalue weighted by Crippen LogP contribution is 2.35.